The minimum atomic E-state index is -0.0857. The largest absolute Gasteiger partial charge is 0.294 e. The van der Waals surface area contributed by atoms with Crippen LogP contribution >= 0.6 is 15.9 Å². The van der Waals surface area contributed by atoms with Gasteiger partial charge in [0.15, 0.2) is 5.78 Å². The van der Waals surface area contributed by atoms with Gasteiger partial charge < -0.3 is 0 Å². The van der Waals surface area contributed by atoms with Gasteiger partial charge in [-0.15, -0.1) is 0 Å². The molecule has 0 spiro atoms. The number of carbonyl (C=O) groups is 1. The van der Waals surface area contributed by atoms with Crippen LogP contribution in [0.5, 0.6) is 0 Å². The number of unbranched alkanes of at least 4 members (excludes halogenated alkanes) is 6. The maximum absolute atomic E-state index is 13.6. The topological polar surface area (TPSA) is 20.3 Å². The summed E-state index contributed by atoms with van der Waals surface area (Å²) in [5.41, 5.74) is 0.824. The first kappa shape index (κ1) is 24.9. The van der Waals surface area contributed by atoms with Crippen LogP contribution in [0.1, 0.15) is 82.5 Å². The van der Waals surface area contributed by atoms with Crippen LogP contribution in [0, 0.1) is 0 Å². The Morgan fingerprint density at radius 2 is 1.44 bits per heavy atom. The first-order valence-electron chi connectivity index (χ1n) is 12.5. The molecule has 32 heavy (non-hydrogen) atoms. The second-order valence-corrected chi connectivity index (χ2v) is 9.89. The van der Waals surface area contributed by atoms with Crippen LogP contribution in [-0.4, -0.2) is 29.8 Å². The molecule has 0 aliphatic carbocycles. The van der Waals surface area contributed by atoms with E-state index in [4.69, 9.17) is 0 Å². The molecule has 0 amide bonds. The SMILES string of the molecule is CCCCCCN(CCCCCC)[C@H](C)C(=O)c1ccc2cc(Br)c3ccccc3c2c1. The van der Waals surface area contributed by atoms with E-state index in [0.29, 0.717) is 0 Å². The third-order valence-corrected chi connectivity index (χ3v) is 7.28. The number of ketones is 1. The van der Waals surface area contributed by atoms with Crippen LogP contribution in [0.2, 0.25) is 0 Å². The van der Waals surface area contributed by atoms with Gasteiger partial charge in [0.2, 0.25) is 0 Å². The number of nitrogens with zero attached hydrogens (tertiary/aromatic N) is 1. The predicted octanol–water partition coefficient (Wildman–Crippen LogP) is 8.79. The Balaban J connectivity index is 1.83. The molecule has 0 aliphatic rings. The molecular weight excluding hydrogens is 458 g/mol. The summed E-state index contributed by atoms with van der Waals surface area (Å²) in [5, 5.41) is 4.69. The highest BCUT2D eigenvalue weighted by Crippen LogP contribution is 2.32. The number of benzene rings is 3. The molecule has 3 aromatic carbocycles. The molecule has 0 N–H and O–H groups in total. The second-order valence-electron chi connectivity index (χ2n) is 9.04. The molecule has 0 bridgehead atoms. The smallest absolute Gasteiger partial charge is 0.179 e. The van der Waals surface area contributed by atoms with Gasteiger partial charge >= 0.3 is 0 Å². The Morgan fingerprint density at radius 1 is 0.812 bits per heavy atom. The lowest BCUT2D eigenvalue weighted by Crippen LogP contribution is -2.40. The molecule has 1 atom stereocenters. The van der Waals surface area contributed by atoms with E-state index in [-0.39, 0.29) is 11.8 Å². The summed E-state index contributed by atoms with van der Waals surface area (Å²) >= 11 is 3.70. The third kappa shape index (κ3) is 6.20. The molecule has 3 aromatic rings. The summed E-state index contributed by atoms with van der Waals surface area (Å²) in [5.74, 6) is 0.241. The van der Waals surface area contributed by atoms with Crippen molar-refractivity contribution in [2.45, 2.75) is 78.2 Å². The highest BCUT2D eigenvalue weighted by molar-refractivity contribution is 9.10. The van der Waals surface area contributed by atoms with Crippen molar-refractivity contribution in [1.82, 2.24) is 4.90 Å². The van der Waals surface area contributed by atoms with Gasteiger partial charge in [-0.25, -0.2) is 0 Å². The lowest BCUT2D eigenvalue weighted by atomic mass is 9.96. The molecule has 172 valence electrons. The molecule has 0 aromatic heterocycles. The summed E-state index contributed by atoms with van der Waals surface area (Å²) in [6.45, 7) is 8.63. The van der Waals surface area contributed by atoms with E-state index in [9.17, 15) is 4.79 Å². The Morgan fingerprint density at radius 3 is 2.06 bits per heavy atom. The van der Waals surface area contributed by atoms with Gasteiger partial charge in [-0.05, 0) is 66.5 Å². The Labute approximate surface area is 202 Å². The summed E-state index contributed by atoms with van der Waals surface area (Å²) in [6.07, 6.45) is 9.89. The quantitative estimate of drug-likeness (QED) is 0.134. The van der Waals surface area contributed by atoms with E-state index >= 15 is 0 Å². The van der Waals surface area contributed by atoms with Crippen LogP contribution in [0.25, 0.3) is 21.5 Å². The minimum absolute atomic E-state index is 0.0857. The van der Waals surface area contributed by atoms with Crippen molar-refractivity contribution in [3.8, 4) is 0 Å². The first-order valence-corrected chi connectivity index (χ1v) is 13.2. The molecule has 0 saturated carbocycles. The van der Waals surface area contributed by atoms with Crippen molar-refractivity contribution >= 4 is 43.3 Å². The number of Topliss-reactive ketones (excluding diaryl/α,β-unsaturated/α-hetero) is 1. The van der Waals surface area contributed by atoms with E-state index in [1.54, 1.807) is 0 Å². The molecular formula is C29H38BrNO. The Kier molecular flexibility index (Phi) is 9.74. The number of hydrogen-bond acceptors (Lipinski definition) is 2. The van der Waals surface area contributed by atoms with Crippen LogP contribution in [0.15, 0.2) is 53.0 Å². The maximum atomic E-state index is 13.6. The van der Waals surface area contributed by atoms with Crippen molar-refractivity contribution < 1.29 is 4.79 Å². The summed E-state index contributed by atoms with van der Waals surface area (Å²) in [4.78, 5) is 16.0. The first-order chi connectivity index (χ1) is 15.6. The number of carbonyl (C=O) groups excluding carboxylic acids is 1. The second kappa shape index (κ2) is 12.5. The average Bonchev–Trinajstić information content (AvgIpc) is 2.82. The molecule has 0 heterocycles. The fraction of sp³-hybridized carbons (Fsp3) is 0.483. The molecule has 0 unspecified atom stereocenters. The summed E-state index contributed by atoms with van der Waals surface area (Å²) in [7, 11) is 0. The van der Waals surface area contributed by atoms with Crippen LogP contribution < -0.4 is 0 Å². The highest BCUT2D eigenvalue weighted by atomic mass is 79.9. The van der Waals surface area contributed by atoms with E-state index in [0.717, 1.165) is 33.9 Å². The number of rotatable bonds is 13. The van der Waals surface area contributed by atoms with Crippen LogP contribution in [0.4, 0.5) is 0 Å². The van der Waals surface area contributed by atoms with Crippen molar-refractivity contribution in [2.75, 3.05) is 13.1 Å². The van der Waals surface area contributed by atoms with Crippen LogP contribution in [0.3, 0.4) is 0 Å². The fourth-order valence-electron chi connectivity index (χ4n) is 4.60. The number of hydrogen-bond donors (Lipinski definition) is 0. The molecule has 0 saturated heterocycles. The zero-order valence-corrected chi connectivity index (χ0v) is 21.6. The van der Waals surface area contributed by atoms with Crippen molar-refractivity contribution in [1.29, 1.82) is 0 Å². The van der Waals surface area contributed by atoms with Crippen LogP contribution in [-0.2, 0) is 0 Å². The molecule has 0 aliphatic heterocycles. The molecule has 3 heteroatoms. The fourth-order valence-corrected chi connectivity index (χ4v) is 5.19. The molecule has 0 fully saturated rings. The number of fused-ring (bicyclic) bond motifs is 3. The van der Waals surface area contributed by atoms with Gasteiger partial charge in [-0.2, -0.15) is 0 Å². The zero-order valence-electron chi connectivity index (χ0n) is 20.0. The van der Waals surface area contributed by atoms with Gasteiger partial charge in [0, 0.05) is 10.0 Å². The summed E-state index contributed by atoms with van der Waals surface area (Å²) in [6, 6.07) is 16.7. The third-order valence-electron chi connectivity index (χ3n) is 6.62. The zero-order chi connectivity index (χ0) is 22.9. The molecule has 2 nitrogen and oxygen atoms in total. The lowest BCUT2D eigenvalue weighted by molar-refractivity contribution is 0.0832. The average molecular weight is 497 g/mol. The van der Waals surface area contributed by atoms with Gasteiger partial charge in [0.05, 0.1) is 6.04 Å². The van der Waals surface area contributed by atoms with Crippen molar-refractivity contribution in [3.05, 3.63) is 58.6 Å². The molecule has 0 radical (unpaired) electrons. The summed E-state index contributed by atoms with van der Waals surface area (Å²) < 4.78 is 1.10. The number of halogens is 1. The van der Waals surface area contributed by atoms with Crippen molar-refractivity contribution in [2.24, 2.45) is 0 Å². The van der Waals surface area contributed by atoms with Gasteiger partial charge in [-0.1, -0.05) is 105 Å². The van der Waals surface area contributed by atoms with E-state index in [2.05, 4.69) is 84.1 Å². The predicted molar refractivity (Wildman–Crippen MR) is 143 cm³/mol. The van der Waals surface area contributed by atoms with Gasteiger partial charge in [0.1, 0.15) is 0 Å². The minimum Gasteiger partial charge on any atom is -0.294 e. The highest BCUT2D eigenvalue weighted by Gasteiger charge is 2.22. The standard InChI is InChI=1S/C29H38BrNO/c1-4-6-8-12-18-31(19-13-9-7-5-2)22(3)29(32)24-17-16-23-21-28(30)26-15-11-10-14-25(26)27(23)20-24/h10-11,14-17,20-22H,4-9,12-13,18-19H2,1-3H3/t22-/m1/s1. The van der Waals surface area contributed by atoms with Gasteiger partial charge in [-0.3, -0.25) is 9.69 Å². The Hall–Kier alpha value is -1.71. The normalized spacial score (nSPS) is 12.7. The van der Waals surface area contributed by atoms with Crippen molar-refractivity contribution in [3.63, 3.8) is 0 Å². The van der Waals surface area contributed by atoms with Gasteiger partial charge in [0.25, 0.3) is 0 Å². The lowest BCUT2D eigenvalue weighted by Gasteiger charge is -2.28. The maximum Gasteiger partial charge on any atom is 0.179 e. The van der Waals surface area contributed by atoms with E-state index in [1.165, 1.54) is 62.1 Å². The van der Waals surface area contributed by atoms with E-state index in [1.807, 2.05) is 6.07 Å². The Bertz CT molecular complexity index is 1020. The molecule has 3 rings (SSSR count). The van der Waals surface area contributed by atoms with E-state index < -0.39 is 0 Å². The monoisotopic (exact) mass is 495 g/mol.